The van der Waals surface area contributed by atoms with Crippen LogP contribution in [0.5, 0.6) is 0 Å². The molecule has 0 nitrogen and oxygen atoms in total. The fourth-order valence-corrected chi connectivity index (χ4v) is 6.67. The van der Waals surface area contributed by atoms with Crippen molar-refractivity contribution < 1.29 is 0 Å². The number of fused-ring (bicyclic) bond motifs is 11. The van der Waals surface area contributed by atoms with E-state index in [-0.39, 0.29) is 0 Å². The van der Waals surface area contributed by atoms with Crippen molar-refractivity contribution in [3.63, 3.8) is 0 Å². The lowest BCUT2D eigenvalue weighted by atomic mass is 9.89. The molecule has 1 aliphatic carbocycles. The number of hydrogen-bond donors (Lipinski definition) is 0. The molecule has 0 saturated heterocycles. The number of rotatable bonds is 0. The second kappa shape index (κ2) is 6.50. The van der Waals surface area contributed by atoms with Crippen molar-refractivity contribution in [1.29, 1.82) is 0 Å². The number of hydrogen-bond acceptors (Lipinski definition) is 0. The Morgan fingerprint density at radius 1 is 0.250 bits per heavy atom. The first-order valence-corrected chi connectivity index (χ1v) is 12.6. The largest absolute Gasteiger partial charge is 0.0616 e. The summed E-state index contributed by atoms with van der Waals surface area (Å²) in [6.07, 6.45) is 0. The Labute approximate surface area is 208 Å². The molecule has 0 atom stereocenters. The van der Waals surface area contributed by atoms with Crippen LogP contribution in [0, 0.1) is 0 Å². The van der Waals surface area contributed by atoms with Gasteiger partial charge in [0.1, 0.15) is 0 Å². The van der Waals surface area contributed by atoms with Crippen molar-refractivity contribution in [2.75, 3.05) is 0 Å². The first kappa shape index (κ1) is 18.6. The highest BCUT2D eigenvalue weighted by molar-refractivity contribution is 6.29. The summed E-state index contributed by atoms with van der Waals surface area (Å²) in [4.78, 5) is 0. The highest BCUT2D eigenvalue weighted by Crippen LogP contribution is 2.49. The van der Waals surface area contributed by atoms with Gasteiger partial charge in [0, 0.05) is 0 Å². The van der Waals surface area contributed by atoms with Gasteiger partial charge in [-0.15, -0.1) is 0 Å². The van der Waals surface area contributed by atoms with E-state index in [0.717, 1.165) is 0 Å². The molecule has 9 rings (SSSR count). The fraction of sp³-hybridized carbons (Fsp3) is 0. The molecule has 0 heterocycles. The molecule has 0 amide bonds. The van der Waals surface area contributed by atoms with Crippen LogP contribution in [-0.2, 0) is 0 Å². The van der Waals surface area contributed by atoms with Crippen LogP contribution in [0.15, 0.2) is 121 Å². The summed E-state index contributed by atoms with van der Waals surface area (Å²) in [6, 6.07) is 45.4. The van der Waals surface area contributed by atoms with Gasteiger partial charge < -0.3 is 0 Å². The smallest absolute Gasteiger partial charge is 0.00264 e. The van der Waals surface area contributed by atoms with Crippen LogP contribution in [0.4, 0.5) is 0 Å². The molecule has 0 heteroatoms. The van der Waals surface area contributed by atoms with E-state index in [1.54, 1.807) is 0 Å². The predicted molar refractivity (Wildman–Crippen MR) is 156 cm³/mol. The minimum atomic E-state index is 1.29. The van der Waals surface area contributed by atoms with Crippen molar-refractivity contribution in [1.82, 2.24) is 0 Å². The zero-order chi connectivity index (χ0) is 23.4. The van der Waals surface area contributed by atoms with Crippen LogP contribution >= 0.6 is 0 Å². The molecule has 0 radical (unpaired) electrons. The van der Waals surface area contributed by atoms with Crippen molar-refractivity contribution in [3.8, 4) is 22.3 Å². The van der Waals surface area contributed by atoms with E-state index >= 15 is 0 Å². The summed E-state index contributed by atoms with van der Waals surface area (Å²) in [5, 5.41) is 15.8. The van der Waals surface area contributed by atoms with Crippen LogP contribution in [0.3, 0.4) is 0 Å². The monoisotopic (exact) mass is 452 g/mol. The van der Waals surface area contributed by atoms with Crippen LogP contribution < -0.4 is 0 Å². The van der Waals surface area contributed by atoms with Crippen molar-refractivity contribution >= 4 is 64.6 Å². The zero-order valence-electron chi connectivity index (χ0n) is 19.5. The van der Waals surface area contributed by atoms with Gasteiger partial charge in [0.05, 0.1) is 0 Å². The molecule has 8 aromatic carbocycles. The second-order valence-electron chi connectivity index (χ2n) is 10.1. The molecule has 0 bridgehead atoms. The van der Waals surface area contributed by atoms with Crippen LogP contribution in [0.25, 0.3) is 86.9 Å². The van der Waals surface area contributed by atoms with Gasteiger partial charge in [-0.2, -0.15) is 0 Å². The standard InChI is InChI=1S/C36H20/c1-2-8-23-16-34-30(15-22(23)7-1)26-11-3-4-12-27(26)31-17-24-18-32-28-13-5-9-21-10-6-14-29(36(21)28)33(32)19-25(24)20-35(31)34/h1-20H. The van der Waals surface area contributed by atoms with E-state index in [1.807, 2.05) is 0 Å². The van der Waals surface area contributed by atoms with Gasteiger partial charge in [0.2, 0.25) is 0 Å². The Morgan fingerprint density at radius 2 is 0.667 bits per heavy atom. The molecule has 8 aromatic rings. The first-order chi connectivity index (χ1) is 17.8. The van der Waals surface area contributed by atoms with Gasteiger partial charge >= 0.3 is 0 Å². The lowest BCUT2D eigenvalue weighted by Gasteiger charge is -2.14. The summed E-state index contributed by atoms with van der Waals surface area (Å²) in [6.45, 7) is 0. The number of benzene rings is 8. The lowest BCUT2D eigenvalue weighted by molar-refractivity contribution is 1.75. The van der Waals surface area contributed by atoms with Gasteiger partial charge in [-0.3, -0.25) is 0 Å². The summed E-state index contributed by atoms with van der Waals surface area (Å²) >= 11 is 0. The average molecular weight is 453 g/mol. The van der Waals surface area contributed by atoms with E-state index in [1.165, 1.54) is 86.9 Å². The maximum Gasteiger partial charge on any atom is -0.00264 e. The van der Waals surface area contributed by atoms with Crippen molar-refractivity contribution in [2.24, 2.45) is 0 Å². The molecule has 0 N–H and O–H groups in total. The first-order valence-electron chi connectivity index (χ1n) is 12.6. The Morgan fingerprint density at radius 3 is 1.19 bits per heavy atom. The van der Waals surface area contributed by atoms with Gasteiger partial charge in [0.15, 0.2) is 0 Å². The topological polar surface area (TPSA) is 0 Å². The summed E-state index contributed by atoms with van der Waals surface area (Å²) in [7, 11) is 0. The molecule has 36 heavy (non-hydrogen) atoms. The quantitative estimate of drug-likeness (QED) is 0.159. The Hall–Kier alpha value is -4.68. The van der Waals surface area contributed by atoms with E-state index in [4.69, 9.17) is 0 Å². The minimum Gasteiger partial charge on any atom is -0.0616 e. The van der Waals surface area contributed by atoms with E-state index in [9.17, 15) is 0 Å². The molecule has 0 fully saturated rings. The molecule has 0 aromatic heterocycles. The summed E-state index contributed by atoms with van der Waals surface area (Å²) < 4.78 is 0. The van der Waals surface area contributed by atoms with Crippen molar-refractivity contribution in [3.05, 3.63) is 121 Å². The van der Waals surface area contributed by atoms with Gasteiger partial charge in [-0.05, 0) is 123 Å². The third kappa shape index (κ3) is 2.29. The molecule has 0 unspecified atom stereocenters. The van der Waals surface area contributed by atoms with Crippen LogP contribution in [-0.4, -0.2) is 0 Å². The van der Waals surface area contributed by atoms with Gasteiger partial charge in [0.25, 0.3) is 0 Å². The minimum absolute atomic E-state index is 1.29. The Balaban J connectivity index is 1.47. The molecule has 0 saturated carbocycles. The van der Waals surface area contributed by atoms with Crippen LogP contribution in [0.1, 0.15) is 0 Å². The molecule has 1 aliphatic rings. The highest BCUT2D eigenvalue weighted by atomic mass is 14.2. The summed E-state index contributed by atoms with van der Waals surface area (Å²) in [5.74, 6) is 0. The van der Waals surface area contributed by atoms with E-state index < -0.39 is 0 Å². The van der Waals surface area contributed by atoms with E-state index in [0.29, 0.717) is 0 Å². The third-order valence-corrected chi connectivity index (χ3v) is 8.28. The second-order valence-corrected chi connectivity index (χ2v) is 10.1. The zero-order valence-corrected chi connectivity index (χ0v) is 19.5. The maximum atomic E-state index is 2.43. The van der Waals surface area contributed by atoms with Crippen molar-refractivity contribution in [2.45, 2.75) is 0 Å². The normalized spacial score (nSPS) is 12.4. The third-order valence-electron chi connectivity index (χ3n) is 8.28. The van der Waals surface area contributed by atoms with E-state index in [2.05, 4.69) is 121 Å². The molecular formula is C36H20. The predicted octanol–water partition coefficient (Wildman–Crippen LogP) is 10.3. The molecule has 0 spiro atoms. The Bertz CT molecular complexity index is 2240. The fourth-order valence-electron chi connectivity index (χ4n) is 6.67. The molecule has 164 valence electrons. The summed E-state index contributed by atoms with van der Waals surface area (Å²) in [5.41, 5.74) is 5.42. The molecular weight excluding hydrogens is 432 g/mol. The van der Waals surface area contributed by atoms with Gasteiger partial charge in [-0.1, -0.05) is 84.9 Å². The Kier molecular flexibility index (Phi) is 3.36. The SMILES string of the molecule is c1ccc2cc3c(cc2c1)c1ccccc1c1cc2cc4c(cc2cc13)-c1cccc2cccc-4c12. The van der Waals surface area contributed by atoms with Gasteiger partial charge in [-0.25, -0.2) is 0 Å². The van der Waals surface area contributed by atoms with Crippen LogP contribution in [0.2, 0.25) is 0 Å². The average Bonchev–Trinajstić information content (AvgIpc) is 3.24. The molecule has 0 aliphatic heterocycles. The lowest BCUT2D eigenvalue weighted by Crippen LogP contribution is -1.86. The highest BCUT2D eigenvalue weighted by Gasteiger charge is 2.22. The maximum absolute atomic E-state index is 2.43.